The lowest BCUT2D eigenvalue weighted by molar-refractivity contribution is -0.0142. The summed E-state index contributed by atoms with van der Waals surface area (Å²) in [6, 6.07) is 3.09. The van der Waals surface area contributed by atoms with E-state index >= 15 is 0 Å². The highest BCUT2D eigenvalue weighted by Crippen LogP contribution is 2.27. The van der Waals surface area contributed by atoms with E-state index in [4.69, 9.17) is 5.26 Å². The fourth-order valence-corrected chi connectivity index (χ4v) is 2.46. The summed E-state index contributed by atoms with van der Waals surface area (Å²) in [4.78, 5) is 5.01. The van der Waals surface area contributed by atoms with Gasteiger partial charge in [-0.25, -0.2) is 0 Å². The third-order valence-electron chi connectivity index (χ3n) is 3.73. The van der Waals surface area contributed by atoms with E-state index in [1.807, 2.05) is 0 Å². The van der Waals surface area contributed by atoms with Gasteiger partial charge >= 0.3 is 0 Å². The molecule has 0 unspecified atom stereocenters. The molecule has 2 aliphatic heterocycles. The Kier molecular flexibility index (Phi) is 2.74. The van der Waals surface area contributed by atoms with E-state index in [-0.39, 0.29) is 5.92 Å². The lowest BCUT2D eigenvalue weighted by Crippen LogP contribution is -2.64. The van der Waals surface area contributed by atoms with Crippen molar-refractivity contribution in [2.45, 2.75) is 38.8 Å². The third-order valence-corrected chi connectivity index (χ3v) is 3.73. The lowest BCUT2D eigenvalue weighted by Gasteiger charge is -2.50. The number of rotatable bonds is 1. The summed E-state index contributed by atoms with van der Waals surface area (Å²) in [5.74, 6) is 0.286. The van der Waals surface area contributed by atoms with Crippen LogP contribution >= 0.6 is 0 Å². The molecule has 0 aromatic carbocycles. The van der Waals surface area contributed by atoms with Gasteiger partial charge in [-0.05, 0) is 33.7 Å². The van der Waals surface area contributed by atoms with E-state index in [9.17, 15) is 0 Å². The van der Waals surface area contributed by atoms with Gasteiger partial charge in [-0.2, -0.15) is 5.26 Å². The van der Waals surface area contributed by atoms with Crippen LogP contribution in [-0.4, -0.2) is 47.6 Å². The molecule has 15 heavy (non-hydrogen) atoms. The Hall–Kier alpha value is -0.590. The Labute approximate surface area is 92.7 Å². The smallest absolute Gasteiger partial charge is 0.0669 e. The molecule has 1 atom stereocenters. The summed E-state index contributed by atoms with van der Waals surface area (Å²) in [5.41, 5.74) is 0.310. The summed E-state index contributed by atoms with van der Waals surface area (Å²) in [7, 11) is 0. The van der Waals surface area contributed by atoms with Gasteiger partial charge in [0.15, 0.2) is 0 Å². The molecule has 2 saturated heterocycles. The molecule has 2 fully saturated rings. The SMILES string of the molecule is CC(C)(C)N1CC(N2CC[C@@H](C#N)C2)C1. The molecule has 0 bridgehead atoms. The predicted molar refractivity (Wildman–Crippen MR) is 60.4 cm³/mol. The van der Waals surface area contributed by atoms with Crippen molar-refractivity contribution < 1.29 is 0 Å². The zero-order valence-electron chi connectivity index (χ0n) is 10.0. The quantitative estimate of drug-likeness (QED) is 0.649. The van der Waals surface area contributed by atoms with Gasteiger partial charge in [0.25, 0.3) is 0 Å². The van der Waals surface area contributed by atoms with Crippen molar-refractivity contribution in [1.29, 1.82) is 5.26 Å². The van der Waals surface area contributed by atoms with Crippen molar-refractivity contribution in [3.63, 3.8) is 0 Å². The molecule has 0 amide bonds. The minimum atomic E-state index is 0.286. The number of likely N-dealkylation sites (tertiary alicyclic amines) is 2. The molecule has 3 nitrogen and oxygen atoms in total. The molecule has 0 aromatic rings. The molecule has 0 aromatic heterocycles. The van der Waals surface area contributed by atoms with Gasteiger partial charge in [0, 0.05) is 31.2 Å². The predicted octanol–water partition coefficient (Wildman–Crippen LogP) is 1.31. The molecule has 0 aliphatic carbocycles. The van der Waals surface area contributed by atoms with Crippen molar-refractivity contribution in [3.05, 3.63) is 0 Å². The molecule has 2 heterocycles. The van der Waals surface area contributed by atoms with E-state index in [1.54, 1.807) is 0 Å². The van der Waals surface area contributed by atoms with Crippen molar-refractivity contribution in [2.75, 3.05) is 26.2 Å². The first-order valence-corrected chi connectivity index (χ1v) is 5.89. The molecular weight excluding hydrogens is 186 g/mol. The molecule has 2 rings (SSSR count). The van der Waals surface area contributed by atoms with Gasteiger partial charge in [0.2, 0.25) is 0 Å². The topological polar surface area (TPSA) is 30.3 Å². The summed E-state index contributed by atoms with van der Waals surface area (Å²) in [5, 5.41) is 8.85. The largest absolute Gasteiger partial charge is 0.296 e. The maximum absolute atomic E-state index is 8.85. The highest BCUT2D eigenvalue weighted by molar-refractivity contribution is 4.99. The van der Waals surface area contributed by atoms with E-state index in [2.05, 4.69) is 36.6 Å². The number of hydrogen-bond donors (Lipinski definition) is 0. The van der Waals surface area contributed by atoms with Crippen LogP contribution in [0.1, 0.15) is 27.2 Å². The normalized spacial score (nSPS) is 30.1. The second-order valence-corrected chi connectivity index (χ2v) is 5.84. The van der Waals surface area contributed by atoms with Crippen LogP contribution in [0.4, 0.5) is 0 Å². The first-order valence-electron chi connectivity index (χ1n) is 5.89. The average molecular weight is 207 g/mol. The minimum absolute atomic E-state index is 0.286. The van der Waals surface area contributed by atoms with Gasteiger partial charge in [-0.15, -0.1) is 0 Å². The molecular formula is C12H21N3. The van der Waals surface area contributed by atoms with Crippen LogP contribution in [0.25, 0.3) is 0 Å². The van der Waals surface area contributed by atoms with Crippen LogP contribution in [0, 0.1) is 17.2 Å². The minimum Gasteiger partial charge on any atom is -0.296 e. The molecule has 3 heteroatoms. The first kappa shape index (κ1) is 10.9. The maximum atomic E-state index is 8.85. The van der Waals surface area contributed by atoms with Crippen LogP contribution in [0.3, 0.4) is 0 Å². The molecule has 0 N–H and O–H groups in total. The molecule has 84 valence electrons. The second kappa shape index (κ2) is 3.77. The van der Waals surface area contributed by atoms with Crippen molar-refractivity contribution >= 4 is 0 Å². The number of hydrogen-bond acceptors (Lipinski definition) is 3. The Balaban J connectivity index is 1.79. The second-order valence-electron chi connectivity index (χ2n) is 5.84. The molecule has 2 aliphatic rings. The highest BCUT2D eigenvalue weighted by atomic mass is 15.3. The Morgan fingerprint density at radius 1 is 1.20 bits per heavy atom. The fraction of sp³-hybridized carbons (Fsp3) is 0.917. The van der Waals surface area contributed by atoms with E-state index in [0.29, 0.717) is 11.6 Å². The monoisotopic (exact) mass is 207 g/mol. The van der Waals surface area contributed by atoms with E-state index in [0.717, 1.165) is 19.5 Å². The van der Waals surface area contributed by atoms with Crippen LogP contribution in [0.2, 0.25) is 0 Å². The first-order chi connectivity index (χ1) is 7.00. The van der Waals surface area contributed by atoms with Gasteiger partial charge in [-0.1, -0.05) is 0 Å². The Morgan fingerprint density at radius 3 is 2.33 bits per heavy atom. The zero-order chi connectivity index (χ0) is 11.1. The van der Waals surface area contributed by atoms with Crippen molar-refractivity contribution in [3.8, 4) is 6.07 Å². The van der Waals surface area contributed by atoms with E-state index < -0.39 is 0 Å². The van der Waals surface area contributed by atoms with Crippen molar-refractivity contribution in [1.82, 2.24) is 9.80 Å². The number of nitrogens with zero attached hydrogens (tertiary/aromatic N) is 3. The number of nitriles is 1. The summed E-state index contributed by atoms with van der Waals surface area (Å²) in [6.45, 7) is 11.3. The third kappa shape index (κ3) is 2.16. The summed E-state index contributed by atoms with van der Waals surface area (Å²) >= 11 is 0. The summed E-state index contributed by atoms with van der Waals surface area (Å²) in [6.07, 6.45) is 1.07. The van der Waals surface area contributed by atoms with E-state index in [1.165, 1.54) is 13.1 Å². The van der Waals surface area contributed by atoms with Crippen LogP contribution in [0.5, 0.6) is 0 Å². The highest BCUT2D eigenvalue weighted by Gasteiger charge is 2.39. The zero-order valence-corrected chi connectivity index (χ0v) is 10.0. The van der Waals surface area contributed by atoms with Crippen molar-refractivity contribution in [2.24, 2.45) is 5.92 Å². The molecule has 0 saturated carbocycles. The van der Waals surface area contributed by atoms with Crippen LogP contribution < -0.4 is 0 Å². The van der Waals surface area contributed by atoms with Gasteiger partial charge < -0.3 is 0 Å². The maximum Gasteiger partial charge on any atom is 0.0669 e. The lowest BCUT2D eigenvalue weighted by atomic mass is 9.97. The van der Waals surface area contributed by atoms with Crippen LogP contribution in [0.15, 0.2) is 0 Å². The Bertz CT molecular complexity index is 268. The molecule has 0 spiro atoms. The van der Waals surface area contributed by atoms with Gasteiger partial charge in [0.1, 0.15) is 0 Å². The fourth-order valence-electron chi connectivity index (χ4n) is 2.46. The Morgan fingerprint density at radius 2 is 1.87 bits per heavy atom. The summed E-state index contributed by atoms with van der Waals surface area (Å²) < 4.78 is 0. The van der Waals surface area contributed by atoms with Gasteiger partial charge in [0.05, 0.1) is 12.0 Å². The van der Waals surface area contributed by atoms with Crippen LogP contribution in [-0.2, 0) is 0 Å². The molecule has 0 radical (unpaired) electrons. The standard InChI is InChI=1S/C12H21N3/c1-12(2,3)15-8-11(9-15)14-5-4-10(6-13)7-14/h10-11H,4-5,7-9H2,1-3H3/t10-/m0/s1. The average Bonchev–Trinajstić information content (AvgIpc) is 2.47. The van der Waals surface area contributed by atoms with Gasteiger partial charge in [-0.3, -0.25) is 9.80 Å².